The Morgan fingerprint density at radius 3 is 2.14 bits per heavy atom. The molecule has 0 bridgehead atoms. The molecule has 4 nitrogen and oxygen atoms in total. The van der Waals surface area contributed by atoms with Crippen LogP contribution in [-0.4, -0.2) is 29.0 Å². The first-order valence-electron chi connectivity index (χ1n) is 9.35. The number of hydrogen-bond acceptors (Lipinski definition) is 4. The minimum Gasteiger partial charge on any atom is -0.288 e. The lowest BCUT2D eigenvalue weighted by Crippen LogP contribution is -2.33. The molecule has 0 spiro atoms. The van der Waals surface area contributed by atoms with Gasteiger partial charge in [-0.25, -0.2) is 0 Å². The van der Waals surface area contributed by atoms with Crippen molar-refractivity contribution in [3.8, 4) is 0 Å². The van der Waals surface area contributed by atoms with E-state index in [9.17, 15) is 14.4 Å². The normalized spacial score (nSPS) is 16.3. The largest absolute Gasteiger partial charge is 0.297 e. The van der Waals surface area contributed by atoms with Gasteiger partial charge in [-0.05, 0) is 35.4 Å². The Balaban J connectivity index is 1.44. The zero-order valence-corrected chi connectivity index (χ0v) is 16.5. The van der Waals surface area contributed by atoms with Crippen LogP contribution >= 0.6 is 11.8 Å². The molecule has 5 heteroatoms. The maximum Gasteiger partial charge on any atom is 0.297 e. The van der Waals surface area contributed by atoms with Crippen LogP contribution in [0.3, 0.4) is 0 Å². The quantitative estimate of drug-likeness (QED) is 0.363. The molecule has 1 aliphatic rings. The highest BCUT2D eigenvalue weighted by Gasteiger charge is 2.42. The van der Waals surface area contributed by atoms with Crippen LogP contribution in [0.1, 0.15) is 27.4 Å². The van der Waals surface area contributed by atoms with Gasteiger partial charge in [0.1, 0.15) is 0 Å². The van der Waals surface area contributed by atoms with Crippen LogP contribution in [-0.2, 0) is 15.3 Å². The molecular formula is C24H19NO3S. The highest BCUT2D eigenvalue weighted by atomic mass is 32.2. The monoisotopic (exact) mass is 401 g/mol. The Bertz CT molecular complexity index is 1030. The molecule has 3 aromatic rings. The third-order valence-electron chi connectivity index (χ3n) is 4.93. The summed E-state index contributed by atoms with van der Waals surface area (Å²) in [6.07, 6.45) is 0. The maximum atomic E-state index is 12.8. The summed E-state index contributed by atoms with van der Waals surface area (Å²) in [5, 5.41) is 0. The van der Waals surface area contributed by atoms with Crippen LogP contribution in [0, 0.1) is 0 Å². The van der Waals surface area contributed by atoms with Gasteiger partial charge in [0.15, 0.2) is 0 Å². The molecule has 1 saturated heterocycles. The van der Waals surface area contributed by atoms with Crippen LogP contribution in [0.15, 0.2) is 89.8 Å². The summed E-state index contributed by atoms with van der Waals surface area (Å²) in [5.74, 6) is -1.48. The number of ketones is 1. The van der Waals surface area contributed by atoms with Crippen molar-refractivity contribution in [3.63, 3.8) is 0 Å². The highest BCUT2D eigenvalue weighted by molar-refractivity contribution is 7.98. The van der Waals surface area contributed by atoms with E-state index in [0.717, 1.165) is 21.8 Å². The molecule has 144 valence electrons. The first-order chi connectivity index (χ1) is 14.1. The van der Waals surface area contributed by atoms with E-state index in [2.05, 4.69) is 12.1 Å². The van der Waals surface area contributed by atoms with Gasteiger partial charge in [0, 0.05) is 22.8 Å². The summed E-state index contributed by atoms with van der Waals surface area (Å²) in [6.45, 7) is 0.0894. The molecule has 2 amide bonds. The van der Waals surface area contributed by atoms with Gasteiger partial charge in [-0.2, -0.15) is 0 Å². The van der Waals surface area contributed by atoms with Gasteiger partial charge in [0.05, 0.1) is 5.92 Å². The number of rotatable bonds is 5. The van der Waals surface area contributed by atoms with Crippen molar-refractivity contribution in [1.82, 2.24) is 4.90 Å². The molecule has 0 saturated carbocycles. The molecular weight excluding hydrogens is 382 g/mol. The van der Waals surface area contributed by atoms with Gasteiger partial charge in [-0.3, -0.25) is 19.3 Å². The van der Waals surface area contributed by atoms with E-state index in [1.165, 1.54) is 4.90 Å². The average Bonchev–Trinajstić information content (AvgIpc) is 3.08. The van der Waals surface area contributed by atoms with E-state index >= 15 is 0 Å². The van der Waals surface area contributed by atoms with Gasteiger partial charge in [-0.15, -0.1) is 11.8 Å². The molecule has 4 rings (SSSR count). The molecule has 3 aromatic carbocycles. The Morgan fingerprint density at radius 2 is 1.48 bits per heavy atom. The average molecular weight is 401 g/mol. The molecule has 0 radical (unpaired) electrons. The van der Waals surface area contributed by atoms with Crippen molar-refractivity contribution in [3.05, 3.63) is 102 Å². The lowest BCUT2D eigenvalue weighted by molar-refractivity contribution is -0.139. The molecule has 0 aromatic heterocycles. The predicted octanol–water partition coefficient (Wildman–Crippen LogP) is 4.31. The van der Waals surface area contributed by atoms with Gasteiger partial charge in [-0.1, -0.05) is 60.7 Å². The van der Waals surface area contributed by atoms with Crippen LogP contribution < -0.4 is 0 Å². The van der Waals surface area contributed by atoms with Crippen molar-refractivity contribution >= 4 is 29.4 Å². The SMILES string of the molecule is O=C1C(=O)N(C(=O)c2ccc(CSc3ccccc3)cc2)C[C@H]1c1ccccc1. The summed E-state index contributed by atoms with van der Waals surface area (Å²) in [5.41, 5.74) is 2.25. The zero-order chi connectivity index (χ0) is 20.2. The number of Topliss-reactive ketones (excluding diaryl/α,β-unsaturated/α-hetero) is 1. The second kappa shape index (κ2) is 8.45. The van der Waals surface area contributed by atoms with Gasteiger partial charge in [0.2, 0.25) is 5.78 Å². The van der Waals surface area contributed by atoms with E-state index in [1.54, 1.807) is 23.9 Å². The van der Waals surface area contributed by atoms with Gasteiger partial charge >= 0.3 is 0 Å². The van der Waals surface area contributed by atoms with Crippen molar-refractivity contribution in [1.29, 1.82) is 0 Å². The lowest BCUT2D eigenvalue weighted by Gasteiger charge is -2.14. The fourth-order valence-electron chi connectivity index (χ4n) is 3.33. The second-order valence-corrected chi connectivity index (χ2v) is 7.90. The number of likely N-dealkylation sites (tertiary alicyclic amines) is 1. The smallest absolute Gasteiger partial charge is 0.288 e. The standard InChI is InChI=1S/C24H19NO3S/c26-22-21(18-7-3-1-4-8-18)15-25(24(22)28)23(27)19-13-11-17(12-14-19)16-29-20-9-5-2-6-10-20/h1-14,21H,15-16H2/t21-/m0/s1. The zero-order valence-electron chi connectivity index (χ0n) is 15.7. The molecule has 0 unspecified atom stereocenters. The first kappa shape index (κ1) is 19.2. The number of nitrogens with zero attached hydrogens (tertiary/aromatic N) is 1. The van der Waals surface area contributed by atoms with Gasteiger partial charge < -0.3 is 0 Å². The fraction of sp³-hybridized carbons (Fsp3) is 0.125. The van der Waals surface area contributed by atoms with Gasteiger partial charge in [0.25, 0.3) is 11.8 Å². The van der Waals surface area contributed by atoms with E-state index < -0.39 is 23.5 Å². The van der Waals surface area contributed by atoms with E-state index in [1.807, 2.05) is 60.7 Å². The number of amides is 2. The van der Waals surface area contributed by atoms with Crippen molar-refractivity contribution in [2.45, 2.75) is 16.6 Å². The number of benzene rings is 3. The highest BCUT2D eigenvalue weighted by Crippen LogP contribution is 2.27. The van der Waals surface area contributed by atoms with Crippen LogP contribution in [0.2, 0.25) is 0 Å². The number of carbonyl (C=O) groups is 3. The maximum absolute atomic E-state index is 12.8. The van der Waals surface area contributed by atoms with E-state index in [0.29, 0.717) is 5.56 Å². The minimum atomic E-state index is -0.729. The van der Waals surface area contributed by atoms with E-state index in [4.69, 9.17) is 0 Å². The number of carbonyl (C=O) groups excluding carboxylic acids is 3. The van der Waals surface area contributed by atoms with Crippen molar-refractivity contribution in [2.24, 2.45) is 0 Å². The van der Waals surface area contributed by atoms with Crippen LogP contribution in [0.25, 0.3) is 0 Å². The first-order valence-corrected chi connectivity index (χ1v) is 10.3. The van der Waals surface area contributed by atoms with Crippen LogP contribution in [0.5, 0.6) is 0 Å². The predicted molar refractivity (Wildman–Crippen MR) is 113 cm³/mol. The molecule has 1 fully saturated rings. The Morgan fingerprint density at radius 1 is 0.862 bits per heavy atom. The van der Waals surface area contributed by atoms with Crippen molar-refractivity contribution < 1.29 is 14.4 Å². The topological polar surface area (TPSA) is 54.5 Å². The fourth-order valence-corrected chi connectivity index (χ4v) is 4.21. The molecule has 1 aliphatic heterocycles. The summed E-state index contributed by atoms with van der Waals surface area (Å²) in [6, 6.07) is 26.4. The summed E-state index contributed by atoms with van der Waals surface area (Å²) < 4.78 is 0. The van der Waals surface area contributed by atoms with Crippen molar-refractivity contribution in [2.75, 3.05) is 6.54 Å². The molecule has 0 aliphatic carbocycles. The third kappa shape index (κ3) is 4.15. The molecule has 1 heterocycles. The number of hydrogen-bond donors (Lipinski definition) is 0. The number of imide groups is 1. The lowest BCUT2D eigenvalue weighted by atomic mass is 9.97. The Kier molecular flexibility index (Phi) is 5.58. The second-order valence-electron chi connectivity index (χ2n) is 6.85. The molecule has 0 N–H and O–H groups in total. The summed E-state index contributed by atoms with van der Waals surface area (Å²) >= 11 is 1.72. The Hall–Kier alpha value is -3.18. The Labute approximate surface area is 173 Å². The molecule has 29 heavy (non-hydrogen) atoms. The molecule has 1 atom stereocenters. The van der Waals surface area contributed by atoms with Crippen LogP contribution in [0.4, 0.5) is 0 Å². The minimum absolute atomic E-state index is 0.0894. The van der Waals surface area contributed by atoms with E-state index in [-0.39, 0.29) is 6.54 Å². The summed E-state index contributed by atoms with van der Waals surface area (Å²) in [7, 11) is 0. The number of thioether (sulfide) groups is 1. The third-order valence-corrected chi connectivity index (χ3v) is 6.02. The summed E-state index contributed by atoms with van der Waals surface area (Å²) in [4.78, 5) is 39.8.